The first-order chi connectivity index (χ1) is 25.7. The number of carbonyl (C=O) groups excluding carboxylic acids is 3. The molecule has 0 amide bonds. The maximum Gasteiger partial charge on any atom is 0.306 e. The molecule has 6 heteroatoms. The van der Waals surface area contributed by atoms with Crippen LogP contribution in [0.25, 0.3) is 0 Å². The van der Waals surface area contributed by atoms with Crippen LogP contribution in [-0.2, 0) is 28.6 Å². The molecule has 314 valence electrons. The quantitative estimate of drug-likeness (QED) is 0.0352. The summed E-state index contributed by atoms with van der Waals surface area (Å²) in [5, 5.41) is 0. The second kappa shape index (κ2) is 40.1. The molecule has 0 aliphatic carbocycles. The minimum absolute atomic E-state index is 0.0654. The van der Waals surface area contributed by atoms with Crippen LogP contribution < -0.4 is 0 Å². The maximum atomic E-state index is 12.7. The lowest BCUT2D eigenvalue weighted by Crippen LogP contribution is -2.30. The highest BCUT2D eigenvalue weighted by Crippen LogP contribution is 2.16. The SMILES string of the molecule is CCCCCCCCCCCCC(=O)OC[C@H](COC(=O)CCCCCCCCC(C)C)OC(=O)CCCCCCCCCCCCCCCC(C)C. The summed E-state index contributed by atoms with van der Waals surface area (Å²) >= 11 is 0. The molecule has 0 fully saturated rings. The second-order valence-electron chi connectivity index (χ2n) is 17.0. The van der Waals surface area contributed by atoms with Crippen LogP contribution >= 0.6 is 0 Å². The molecular formula is C47H90O6. The van der Waals surface area contributed by atoms with Gasteiger partial charge in [-0.15, -0.1) is 0 Å². The smallest absolute Gasteiger partial charge is 0.306 e. The second-order valence-corrected chi connectivity index (χ2v) is 17.0. The summed E-state index contributed by atoms with van der Waals surface area (Å²) in [4.78, 5) is 37.7. The Morgan fingerprint density at radius 3 is 0.925 bits per heavy atom. The summed E-state index contributed by atoms with van der Waals surface area (Å²) in [6.45, 7) is 11.3. The summed E-state index contributed by atoms with van der Waals surface area (Å²) in [5.41, 5.74) is 0. The van der Waals surface area contributed by atoms with Crippen LogP contribution in [-0.4, -0.2) is 37.2 Å². The molecule has 0 N–H and O–H groups in total. The Balaban J connectivity index is 4.29. The molecule has 0 rings (SSSR count). The number of unbranched alkanes of at least 4 members (excludes halogenated alkanes) is 26. The van der Waals surface area contributed by atoms with Gasteiger partial charge in [0.25, 0.3) is 0 Å². The molecule has 0 spiro atoms. The molecule has 0 heterocycles. The lowest BCUT2D eigenvalue weighted by Gasteiger charge is -2.18. The van der Waals surface area contributed by atoms with Crippen molar-refractivity contribution in [1.82, 2.24) is 0 Å². The summed E-state index contributed by atoms with van der Waals surface area (Å²) in [5.74, 6) is 0.740. The van der Waals surface area contributed by atoms with Crippen LogP contribution in [0.2, 0.25) is 0 Å². The van der Waals surface area contributed by atoms with Crippen molar-refractivity contribution >= 4 is 17.9 Å². The van der Waals surface area contributed by atoms with E-state index in [4.69, 9.17) is 14.2 Å². The minimum atomic E-state index is -0.760. The van der Waals surface area contributed by atoms with Crippen LogP contribution in [0.5, 0.6) is 0 Å². The highest BCUT2D eigenvalue weighted by Gasteiger charge is 2.19. The van der Waals surface area contributed by atoms with Gasteiger partial charge in [-0.05, 0) is 31.1 Å². The normalized spacial score (nSPS) is 12.1. The van der Waals surface area contributed by atoms with E-state index in [1.807, 2.05) is 0 Å². The fraction of sp³-hybridized carbons (Fsp3) is 0.936. The van der Waals surface area contributed by atoms with Crippen molar-refractivity contribution in [2.45, 2.75) is 259 Å². The lowest BCUT2D eigenvalue weighted by atomic mass is 10.0. The third kappa shape index (κ3) is 41.4. The van der Waals surface area contributed by atoms with E-state index in [1.165, 1.54) is 141 Å². The van der Waals surface area contributed by atoms with Crippen molar-refractivity contribution in [3.05, 3.63) is 0 Å². The first-order valence-corrected chi connectivity index (χ1v) is 23.2. The molecule has 0 aliphatic heterocycles. The molecule has 1 atom stereocenters. The Labute approximate surface area is 329 Å². The van der Waals surface area contributed by atoms with Crippen LogP contribution in [0.15, 0.2) is 0 Å². The molecule has 0 aliphatic rings. The molecule has 0 saturated heterocycles. The summed E-state index contributed by atoms with van der Waals surface area (Å²) < 4.78 is 16.7. The number of hydrogen-bond donors (Lipinski definition) is 0. The van der Waals surface area contributed by atoms with Crippen molar-refractivity contribution in [2.24, 2.45) is 11.8 Å². The number of ether oxygens (including phenoxy) is 3. The van der Waals surface area contributed by atoms with Gasteiger partial charge in [0.2, 0.25) is 0 Å². The largest absolute Gasteiger partial charge is 0.462 e. The Morgan fingerprint density at radius 1 is 0.358 bits per heavy atom. The molecular weight excluding hydrogens is 661 g/mol. The van der Waals surface area contributed by atoms with Crippen molar-refractivity contribution < 1.29 is 28.6 Å². The Kier molecular flexibility index (Phi) is 38.9. The van der Waals surface area contributed by atoms with Crippen LogP contribution in [0.3, 0.4) is 0 Å². The fourth-order valence-corrected chi connectivity index (χ4v) is 6.93. The van der Waals surface area contributed by atoms with Gasteiger partial charge in [-0.25, -0.2) is 0 Å². The van der Waals surface area contributed by atoms with E-state index >= 15 is 0 Å². The van der Waals surface area contributed by atoms with Gasteiger partial charge in [0.1, 0.15) is 13.2 Å². The number of esters is 3. The number of rotatable bonds is 41. The Bertz CT molecular complexity index is 809. The van der Waals surface area contributed by atoms with E-state index in [9.17, 15) is 14.4 Å². The van der Waals surface area contributed by atoms with E-state index in [-0.39, 0.29) is 31.1 Å². The van der Waals surface area contributed by atoms with Crippen molar-refractivity contribution in [3.63, 3.8) is 0 Å². The standard InChI is InChI=1S/C47H90O6/c1-6-7-8-9-10-11-18-21-27-32-37-45(48)51-40-44(41-52-46(49)38-33-28-24-23-26-31-36-43(4)5)53-47(50)39-34-29-22-19-16-14-12-13-15-17-20-25-30-35-42(2)3/h42-44H,6-41H2,1-5H3/t44-/m1/s1. The monoisotopic (exact) mass is 751 g/mol. The Hall–Kier alpha value is -1.59. The van der Waals surface area contributed by atoms with E-state index < -0.39 is 6.10 Å². The highest BCUT2D eigenvalue weighted by atomic mass is 16.6. The van der Waals surface area contributed by atoms with Crippen molar-refractivity contribution in [2.75, 3.05) is 13.2 Å². The third-order valence-corrected chi connectivity index (χ3v) is 10.5. The van der Waals surface area contributed by atoms with Gasteiger partial charge in [-0.2, -0.15) is 0 Å². The molecule has 0 bridgehead atoms. The molecule has 53 heavy (non-hydrogen) atoms. The summed E-state index contributed by atoms with van der Waals surface area (Å²) in [6.07, 6.45) is 38.1. The predicted octanol–water partition coefficient (Wildman–Crippen LogP) is 14.6. The van der Waals surface area contributed by atoms with E-state index in [1.54, 1.807) is 0 Å². The average molecular weight is 751 g/mol. The van der Waals surface area contributed by atoms with Gasteiger partial charge in [0, 0.05) is 19.3 Å². The van der Waals surface area contributed by atoms with Gasteiger partial charge in [0.15, 0.2) is 6.10 Å². The minimum Gasteiger partial charge on any atom is -0.462 e. The zero-order valence-electron chi connectivity index (χ0n) is 36.1. The van der Waals surface area contributed by atoms with Gasteiger partial charge in [-0.3, -0.25) is 14.4 Å². The zero-order valence-corrected chi connectivity index (χ0v) is 36.1. The summed E-state index contributed by atoms with van der Waals surface area (Å²) in [6, 6.07) is 0. The zero-order chi connectivity index (χ0) is 39.0. The molecule has 0 aromatic rings. The first-order valence-electron chi connectivity index (χ1n) is 23.2. The lowest BCUT2D eigenvalue weighted by molar-refractivity contribution is -0.167. The molecule has 0 aromatic carbocycles. The highest BCUT2D eigenvalue weighted by molar-refractivity contribution is 5.71. The molecule has 0 unspecified atom stereocenters. The van der Waals surface area contributed by atoms with E-state index in [0.717, 1.165) is 69.6 Å². The van der Waals surface area contributed by atoms with Gasteiger partial charge in [0.05, 0.1) is 0 Å². The molecule has 6 nitrogen and oxygen atoms in total. The Morgan fingerprint density at radius 2 is 0.623 bits per heavy atom. The van der Waals surface area contributed by atoms with Crippen molar-refractivity contribution in [1.29, 1.82) is 0 Å². The van der Waals surface area contributed by atoms with Gasteiger partial charge < -0.3 is 14.2 Å². The maximum absolute atomic E-state index is 12.7. The first kappa shape index (κ1) is 51.4. The van der Waals surface area contributed by atoms with E-state index in [2.05, 4.69) is 34.6 Å². The number of carbonyl (C=O) groups is 3. The average Bonchev–Trinajstić information content (AvgIpc) is 3.12. The molecule has 0 radical (unpaired) electrons. The van der Waals surface area contributed by atoms with Gasteiger partial charge >= 0.3 is 17.9 Å². The van der Waals surface area contributed by atoms with Crippen LogP contribution in [0.1, 0.15) is 253 Å². The van der Waals surface area contributed by atoms with Crippen LogP contribution in [0, 0.1) is 11.8 Å². The molecule has 0 aromatic heterocycles. The topological polar surface area (TPSA) is 78.9 Å². The fourth-order valence-electron chi connectivity index (χ4n) is 6.93. The number of hydrogen-bond acceptors (Lipinski definition) is 6. The molecule has 0 saturated carbocycles. The van der Waals surface area contributed by atoms with Crippen molar-refractivity contribution in [3.8, 4) is 0 Å². The third-order valence-electron chi connectivity index (χ3n) is 10.5. The van der Waals surface area contributed by atoms with E-state index in [0.29, 0.717) is 19.3 Å². The van der Waals surface area contributed by atoms with Crippen LogP contribution in [0.4, 0.5) is 0 Å². The summed E-state index contributed by atoms with van der Waals surface area (Å²) in [7, 11) is 0. The predicted molar refractivity (Wildman–Crippen MR) is 224 cm³/mol. The van der Waals surface area contributed by atoms with Gasteiger partial charge in [-0.1, -0.05) is 214 Å².